The molecule has 1 aromatic rings. The SMILES string of the molecule is CCS(=O)(=O)[C@@H]1[C@H](C(N)=S)[C@H]1c1cccc(Cl)c1. The van der Waals surface area contributed by atoms with Crippen LogP contribution in [0.15, 0.2) is 24.3 Å². The molecule has 2 N–H and O–H groups in total. The lowest BCUT2D eigenvalue weighted by molar-refractivity contribution is 0.594. The first-order chi connectivity index (χ1) is 8.38. The molecule has 0 radical (unpaired) electrons. The Hall–Kier alpha value is -0.650. The molecule has 18 heavy (non-hydrogen) atoms. The topological polar surface area (TPSA) is 60.2 Å². The number of thiocarbonyl (C=S) groups is 1. The minimum atomic E-state index is -3.14. The summed E-state index contributed by atoms with van der Waals surface area (Å²) in [5, 5.41) is 0.104. The molecule has 1 fully saturated rings. The maximum atomic E-state index is 12.0. The van der Waals surface area contributed by atoms with Gasteiger partial charge in [0.25, 0.3) is 0 Å². The van der Waals surface area contributed by atoms with Crippen LogP contribution in [0.25, 0.3) is 0 Å². The zero-order valence-corrected chi connectivity index (χ0v) is 12.2. The van der Waals surface area contributed by atoms with Crippen LogP contribution in [0.1, 0.15) is 18.4 Å². The predicted molar refractivity (Wildman–Crippen MR) is 77.7 cm³/mol. The quantitative estimate of drug-likeness (QED) is 0.866. The van der Waals surface area contributed by atoms with Crippen LogP contribution in [0.4, 0.5) is 0 Å². The predicted octanol–water partition coefficient (Wildman–Crippen LogP) is 2.14. The third kappa shape index (κ3) is 2.39. The molecule has 0 saturated heterocycles. The Morgan fingerprint density at radius 2 is 2.17 bits per heavy atom. The second kappa shape index (κ2) is 4.79. The molecule has 3 nitrogen and oxygen atoms in total. The van der Waals surface area contributed by atoms with Gasteiger partial charge >= 0.3 is 0 Å². The van der Waals surface area contributed by atoms with E-state index >= 15 is 0 Å². The van der Waals surface area contributed by atoms with Gasteiger partial charge in [-0.05, 0) is 17.7 Å². The highest BCUT2D eigenvalue weighted by molar-refractivity contribution is 7.92. The standard InChI is InChI=1S/C12H14ClNO2S2/c1-2-18(15,16)11-9(10(11)12(14)17)7-4-3-5-8(13)6-7/h3-6,9-11H,2H2,1H3,(H2,14,17)/t9-,10-,11+/m1/s1. The summed E-state index contributed by atoms with van der Waals surface area (Å²) in [5.74, 6) is -0.303. The van der Waals surface area contributed by atoms with E-state index in [1.54, 1.807) is 19.1 Å². The van der Waals surface area contributed by atoms with Gasteiger partial charge in [-0.25, -0.2) is 8.42 Å². The van der Waals surface area contributed by atoms with Gasteiger partial charge in [0.2, 0.25) is 0 Å². The largest absolute Gasteiger partial charge is 0.393 e. The van der Waals surface area contributed by atoms with Crippen LogP contribution in [-0.2, 0) is 9.84 Å². The zero-order chi connectivity index (χ0) is 13.5. The Morgan fingerprint density at radius 3 is 2.67 bits per heavy atom. The summed E-state index contributed by atoms with van der Waals surface area (Å²) in [5.41, 5.74) is 6.53. The van der Waals surface area contributed by atoms with E-state index in [2.05, 4.69) is 0 Å². The van der Waals surface area contributed by atoms with Gasteiger partial charge in [0.05, 0.1) is 10.2 Å². The van der Waals surface area contributed by atoms with Gasteiger partial charge in [0, 0.05) is 22.6 Å². The summed E-state index contributed by atoms with van der Waals surface area (Å²) < 4.78 is 24.0. The van der Waals surface area contributed by atoms with Crippen molar-refractivity contribution < 1.29 is 8.42 Å². The van der Waals surface area contributed by atoms with Crippen LogP contribution in [-0.4, -0.2) is 24.4 Å². The monoisotopic (exact) mass is 303 g/mol. The van der Waals surface area contributed by atoms with Crippen LogP contribution in [0.5, 0.6) is 0 Å². The summed E-state index contributed by atoms with van der Waals surface area (Å²) in [4.78, 5) is 0.266. The molecule has 1 aliphatic rings. The molecule has 0 aromatic heterocycles. The Kier molecular flexibility index (Phi) is 3.67. The molecule has 0 heterocycles. The van der Waals surface area contributed by atoms with Crippen molar-refractivity contribution in [1.82, 2.24) is 0 Å². The molecule has 0 aliphatic heterocycles. The zero-order valence-electron chi connectivity index (χ0n) is 9.84. The van der Waals surface area contributed by atoms with Crippen molar-refractivity contribution in [3.05, 3.63) is 34.9 Å². The maximum Gasteiger partial charge on any atom is 0.154 e. The van der Waals surface area contributed by atoms with Crippen molar-refractivity contribution in [2.24, 2.45) is 11.7 Å². The lowest BCUT2D eigenvalue weighted by Crippen LogP contribution is -2.18. The summed E-state index contributed by atoms with van der Waals surface area (Å²) in [7, 11) is -3.14. The Labute approximate surface area is 117 Å². The van der Waals surface area contributed by atoms with Crippen molar-refractivity contribution in [3.8, 4) is 0 Å². The van der Waals surface area contributed by atoms with Crippen molar-refractivity contribution in [2.75, 3.05) is 5.75 Å². The molecule has 0 unspecified atom stereocenters. The van der Waals surface area contributed by atoms with Gasteiger partial charge in [-0.3, -0.25) is 0 Å². The van der Waals surface area contributed by atoms with Crippen LogP contribution in [0, 0.1) is 5.92 Å². The van der Waals surface area contributed by atoms with E-state index in [-0.39, 0.29) is 22.6 Å². The minimum absolute atomic E-state index is 0.105. The third-order valence-corrected chi connectivity index (χ3v) is 6.06. The third-order valence-electron chi connectivity index (χ3n) is 3.33. The van der Waals surface area contributed by atoms with Crippen LogP contribution in [0.3, 0.4) is 0 Å². The van der Waals surface area contributed by atoms with Gasteiger partial charge in [-0.15, -0.1) is 0 Å². The molecule has 3 atom stereocenters. The van der Waals surface area contributed by atoms with E-state index in [0.29, 0.717) is 5.02 Å². The first kappa shape index (κ1) is 13.8. The fourth-order valence-corrected chi connectivity index (χ4v) is 4.78. The van der Waals surface area contributed by atoms with Crippen LogP contribution >= 0.6 is 23.8 Å². The highest BCUT2D eigenvalue weighted by Crippen LogP contribution is 2.52. The van der Waals surface area contributed by atoms with E-state index < -0.39 is 15.1 Å². The summed E-state index contributed by atoms with van der Waals surface area (Å²) in [6.45, 7) is 1.64. The second-order valence-electron chi connectivity index (χ2n) is 4.43. The van der Waals surface area contributed by atoms with E-state index in [9.17, 15) is 8.42 Å². The van der Waals surface area contributed by atoms with Gasteiger partial charge in [-0.2, -0.15) is 0 Å². The normalized spacial score (nSPS) is 26.9. The highest BCUT2D eigenvalue weighted by atomic mass is 35.5. The molecule has 98 valence electrons. The van der Waals surface area contributed by atoms with Gasteiger partial charge in [-0.1, -0.05) is 42.9 Å². The lowest BCUT2D eigenvalue weighted by Gasteiger charge is -2.01. The Bertz CT molecular complexity index is 585. The number of halogens is 1. The number of hydrogen-bond donors (Lipinski definition) is 1. The molecular formula is C12H14ClNO2S2. The number of nitrogens with two attached hydrogens (primary N) is 1. The van der Waals surface area contributed by atoms with Crippen molar-refractivity contribution in [2.45, 2.75) is 18.1 Å². The first-order valence-corrected chi connectivity index (χ1v) is 8.15. The highest BCUT2D eigenvalue weighted by Gasteiger charge is 2.59. The molecule has 0 amide bonds. The van der Waals surface area contributed by atoms with Gasteiger partial charge < -0.3 is 5.73 Å². The molecule has 0 spiro atoms. The number of benzene rings is 1. The lowest BCUT2D eigenvalue weighted by atomic mass is 10.1. The maximum absolute atomic E-state index is 12.0. The van der Waals surface area contributed by atoms with E-state index in [1.165, 1.54) is 0 Å². The number of rotatable bonds is 4. The molecule has 1 aromatic carbocycles. The van der Waals surface area contributed by atoms with Crippen LogP contribution in [0.2, 0.25) is 5.02 Å². The smallest absolute Gasteiger partial charge is 0.154 e. The summed E-state index contributed by atoms with van der Waals surface area (Å²) >= 11 is 10.9. The second-order valence-corrected chi connectivity index (χ2v) is 7.78. The fraction of sp³-hybridized carbons (Fsp3) is 0.417. The Balaban J connectivity index is 2.37. The summed E-state index contributed by atoms with van der Waals surface area (Å²) in [6.07, 6.45) is 0. The molecular weight excluding hydrogens is 290 g/mol. The molecule has 1 aliphatic carbocycles. The van der Waals surface area contributed by atoms with Crippen molar-refractivity contribution in [1.29, 1.82) is 0 Å². The molecule has 2 rings (SSSR count). The first-order valence-electron chi connectivity index (χ1n) is 5.65. The fourth-order valence-electron chi connectivity index (χ4n) is 2.37. The molecule has 1 saturated carbocycles. The van der Waals surface area contributed by atoms with Crippen molar-refractivity contribution >= 4 is 38.6 Å². The van der Waals surface area contributed by atoms with Crippen molar-refractivity contribution in [3.63, 3.8) is 0 Å². The van der Waals surface area contributed by atoms with E-state index in [1.807, 2.05) is 12.1 Å². The average Bonchev–Trinajstić information content (AvgIpc) is 3.05. The van der Waals surface area contributed by atoms with Gasteiger partial charge in [0.1, 0.15) is 0 Å². The van der Waals surface area contributed by atoms with Crippen LogP contribution < -0.4 is 5.73 Å². The van der Waals surface area contributed by atoms with Gasteiger partial charge in [0.15, 0.2) is 9.84 Å². The molecule has 0 bridgehead atoms. The number of hydrogen-bond acceptors (Lipinski definition) is 3. The summed E-state index contributed by atoms with van der Waals surface area (Å²) in [6, 6.07) is 7.21. The van der Waals surface area contributed by atoms with E-state index in [0.717, 1.165) is 5.56 Å². The average molecular weight is 304 g/mol. The molecule has 6 heteroatoms. The van der Waals surface area contributed by atoms with E-state index in [4.69, 9.17) is 29.6 Å². The number of sulfone groups is 1. The minimum Gasteiger partial charge on any atom is -0.393 e. The Morgan fingerprint density at radius 1 is 1.50 bits per heavy atom.